The van der Waals surface area contributed by atoms with E-state index >= 15 is 0 Å². The molecule has 1 aromatic rings. The van der Waals surface area contributed by atoms with Crippen molar-refractivity contribution < 1.29 is 4.79 Å². The summed E-state index contributed by atoms with van der Waals surface area (Å²) in [6.45, 7) is 7.18. The minimum Gasteiger partial charge on any atom is -0.356 e. The Morgan fingerprint density at radius 2 is 2.00 bits per heavy atom. The number of fused-ring (bicyclic) bond motifs is 1. The molecule has 3 aliphatic rings. The lowest BCUT2D eigenvalue weighted by Crippen LogP contribution is -2.39. The van der Waals surface area contributed by atoms with E-state index in [1.54, 1.807) is 0 Å². The summed E-state index contributed by atoms with van der Waals surface area (Å²) in [5, 5.41) is 3.27. The van der Waals surface area contributed by atoms with E-state index in [1.165, 1.54) is 12.0 Å². The minimum absolute atomic E-state index is 0. The average Bonchev–Trinajstić information content (AvgIpc) is 3.04. The molecule has 0 aromatic carbocycles. The van der Waals surface area contributed by atoms with Gasteiger partial charge in [0.15, 0.2) is 0 Å². The van der Waals surface area contributed by atoms with Crippen molar-refractivity contribution >= 4 is 36.5 Å². The van der Waals surface area contributed by atoms with Crippen molar-refractivity contribution in [2.75, 3.05) is 31.1 Å². The number of halogens is 2. The van der Waals surface area contributed by atoms with Crippen LogP contribution in [0.3, 0.4) is 0 Å². The number of aromatic nitrogens is 2. The molecule has 128 valence electrons. The summed E-state index contributed by atoms with van der Waals surface area (Å²) in [5.74, 6) is 2.28. The Morgan fingerprint density at radius 3 is 2.61 bits per heavy atom. The number of hydrogen-bond donors (Lipinski definition) is 1. The fourth-order valence-electron chi connectivity index (χ4n) is 3.43. The number of hydrogen-bond acceptors (Lipinski definition) is 5. The zero-order valence-corrected chi connectivity index (χ0v) is 14.9. The van der Waals surface area contributed by atoms with Crippen LogP contribution in [-0.4, -0.2) is 47.0 Å². The maximum absolute atomic E-state index is 12.6. The zero-order valence-electron chi connectivity index (χ0n) is 13.2. The van der Waals surface area contributed by atoms with E-state index in [-0.39, 0.29) is 36.6 Å². The summed E-state index contributed by atoms with van der Waals surface area (Å²) in [6.07, 6.45) is 2.18. The van der Waals surface area contributed by atoms with Crippen LogP contribution < -0.4 is 10.2 Å². The number of nitrogens with zero attached hydrogens (tertiary/aromatic N) is 4. The standard InChI is InChI=1S/C15H21N5O.2ClH/c1-10-17-13-9-20(15(21)11-3-4-16-7-11)8-12(13)14(18-10)19-5-2-6-19;;/h11,16H,2-9H2,1H3;2*1H/t11-;;/m1../s1. The van der Waals surface area contributed by atoms with Gasteiger partial charge in [0.25, 0.3) is 0 Å². The first-order valence-corrected chi connectivity index (χ1v) is 7.83. The number of anilines is 1. The molecule has 1 atom stereocenters. The normalized spacial score (nSPS) is 22.0. The molecule has 0 saturated carbocycles. The smallest absolute Gasteiger partial charge is 0.227 e. The average molecular weight is 360 g/mol. The van der Waals surface area contributed by atoms with Gasteiger partial charge in [0.05, 0.1) is 24.7 Å². The molecule has 0 aliphatic carbocycles. The predicted octanol–water partition coefficient (Wildman–Crippen LogP) is 1.29. The molecule has 2 fully saturated rings. The van der Waals surface area contributed by atoms with Crippen LogP contribution in [0.2, 0.25) is 0 Å². The minimum atomic E-state index is 0. The second-order valence-electron chi connectivity index (χ2n) is 6.24. The first-order valence-electron chi connectivity index (χ1n) is 7.83. The summed E-state index contributed by atoms with van der Waals surface area (Å²) in [4.78, 5) is 26.0. The molecule has 8 heteroatoms. The quantitative estimate of drug-likeness (QED) is 0.861. The molecule has 1 aromatic heterocycles. The van der Waals surface area contributed by atoms with Crippen molar-refractivity contribution in [3.05, 3.63) is 17.1 Å². The van der Waals surface area contributed by atoms with Gasteiger partial charge in [0, 0.05) is 25.2 Å². The van der Waals surface area contributed by atoms with Crippen molar-refractivity contribution in [1.29, 1.82) is 0 Å². The van der Waals surface area contributed by atoms with Crippen molar-refractivity contribution in [3.63, 3.8) is 0 Å². The van der Waals surface area contributed by atoms with Crippen LogP contribution in [0.4, 0.5) is 5.82 Å². The van der Waals surface area contributed by atoms with E-state index in [0.29, 0.717) is 13.1 Å². The van der Waals surface area contributed by atoms with E-state index in [2.05, 4.69) is 20.2 Å². The molecule has 6 nitrogen and oxygen atoms in total. The Bertz CT molecular complexity index is 587. The summed E-state index contributed by atoms with van der Waals surface area (Å²) in [5.41, 5.74) is 2.21. The number of carbonyl (C=O) groups is 1. The molecule has 1 amide bonds. The monoisotopic (exact) mass is 359 g/mol. The Kier molecular flexibility index (Phi) is 5.70. The van der Waals surface area contributed by atoms with Crippen LogP contribution in [0.15, 0.2) is 0 Å². The summed E-state index contributed by atoms with van der Waals surface area (Å²) in [6, 6.07) is 0. The molecule has 3 aliphatic heterocycles. The molecule has 0 bridgehead atoms. The molecular formula is C15H23Cl2N5O. The summed E-state index contributed by atoms with van der Waals surface area (Å²) in [7, 11) is 0. The van der Waals surface area contributed by atoms with Gasteiger partial charge >= 0.3 is 0 Å². The second-order valence-corrected chi connectivity index (χ2v) is 6.24. The van der Waals surface area contributed by atoms with Gasteiger partial charge < -0.3 is 15.1 Å². The summed E-state index contributed by atoms with van der Waals surface area (Å²) < 4.78 is 0. The van der Waals surface area contributed by atoms with Gasteiger partial charge in [-0.2, -0.15) is 0 Å². The highest BCUT2D eigenvalue weighted by atomic mass is 35.5. The lowest BCUT2D eigenvalue weighted by molar-refractivity contribution is -0.135. The first kappa shape index (κ1) is 18.2. The number of rotatable bonds is 2. The van der Waals surface area contributed by atoms with Gasteiger partial charge in [-0.25, -0.2) is 9.97 Å². The molecule has 1 N–H and O–H groups in total. The van der Waals surface area contributed by atoms with Crippen molar-refractivity contribution in [1.82, 2.24) is 20.2 Å². The third-order valence-corrected chi connectivity index (χ3v) is 4.75. The number of nitrogens with one attached hydrogen (secondary N) is 1. The number of carbonyl (C=O) groups excluding carboxylic acids is 1. The van der Waals surface area contributed by atoms with Gasteiger partial charge in [0.1, 0.15) is 11.6 Å². The Hall–Kier alpha value is -1.11. The lowest BCUT2D eigenvalue weighted by atomic mass is 10.1. The Labute approximate surface area is 148 Å². The van der Waals surface area contributed by atoms with E-state index in [1.807, 2.05) is 11.8 Å². The van der Waals surface area contributed by atoms with E-state index in [9.17, 15) is 4.79 Å². The zero-order chi connectivity index (χ0) is 14.4. The van der Waals surface area contributed by atoms with Crippen molar-refractivity contribution in [2.24, 2.45) is 5.92 Å². The molecule has 0 unspecified atom stereocenters. The van der Waals surface area contributed by atoms with Crippen LogP contribution in [0.5, 0.6) is 0 Å². The van der Waals surface area contributed by atoms with Crippen LogP contribution in [0.25, 0.3) is 0 Å². The van der Waals surface area contributed by atoms with E-state index in [4.69, 9.17) is 0 Å². The Morgan fingerprint density at radius 1 is 1.22 bits per heavy atom. The third-order valence-electron chi connectivity index (χ3n) is 4.75. The fourth-order valence-corrected chi connectivity index (χ4v) is 3.43. The topological polar surface area (TPSA) is 61.4 Å². The van der Waals surface area contributed by atoms with Gasteiger partial charge in [-0.15, -0.1) is 24.8 Å². The molecule has 0 spiro atoms. The number of aryl methyl sites for hydroxylation is 1. The third kappa shape index (κ3) is 3.25. The van der Waals surface area contributed by atoms with E-state index < -0.39 is 0 Å². The van der Waals surface area contributed by atoms with Gasteiger partial charge in [-0.1, -0.05) is 0 Å². The second kappa shape index (κ2) is 7.20. The predicted molar refractivity (Wildman–Crippen MR) is 93.3 cm³/mol. The highest BCUT2D eigenvalue weighted by molar-refractivity contribution is 5.85. The van der Waals surface area contributed by atoms with E-state index in [0.717, 1.165) is 49.9 Å². The van der Waals surface area contributed by atoms with Crippen LogP contribution >= 0.6 is 24.8 Å². The maximum atomic E-state index is 12.6. The SMILES string of the molecule is Cc1nc2c(c(N3CCC3)n1)CN(C(=O)[C@@H]1CCNC1)C2.Cl.Cl. The maximum Gasteiger partial charge on any atom is 0.227 e. The first-order chi connectivity index (χ1) is 10.2. The lowest BCUT2D eigenvalue weighted by Gasteiger charge is -2.33. The van der Waals surface area contributed by atoms with Crippen molar-refractivity contribution in [2.45, 2.75) is 32.9 Å². The molecule has 4 rings (SSSR count). The molecular weight excluding hydrogens is 337 g/mol. The van der Waals surface area contributed by atoms with Crippen LogP contribution in [-0.2, 0) is 17.9 Å². The summed E-state index contributed by atoms with van der Waals surface area (Å²) >= 11 is 0. The highest BCUT2D eigenvalue weighted by Crippen LogP contribution is 2.32. The highest BCUT2D eigenvalue weighted by Gasteiger charge is 2.34. The number of amides is 1. The fraction of sp³-hybridized carbons (Fsp3) is 0.667. The molecule has 2 saturated heterocycles. The molecule has 23 heavy (non-hydrogen) atoms. The molecule has 0 radical (unpaired) electrons. The molecule has 4 heterocycles. The van der Waals surface area contributed by atoms with Gasteiger partial charge in [0.2, 0.25) is 5.91 Å². The van der Waals surface area contributed by atoms with Crippen molar-refractivity contribution in [3.8, 4) is 0 Å². The van der Waals surface area contributed by atoms with Crippen LogP contribution in [0.1, 0.15) is 29.9 Å². The largest absolute Gasteiger partial charge is 0.356 e. The van der Waals surface area contributed by atoms with Crippen LogP contribution in [0, 0.1) is 12.8 Å². The van der Waals surface area contributed by atoms with Gasteiger partial charge in [-0.05, 0) is 26.3 Å². The van der Waals surface area contributed by atoms with Gasteiger partial charge in [-0.3, -0.25) is 4.79 Å². The Balaban J connectivity index is 0.000000960.